The van der Waals surface area contributed by atoms with E-state index in [2.05, 4.69) is 4.99 Å². The van der Waals surface area contributed by atoms with E-state index in [0.29, 0.717) is 27.9 Å². The number of aromatic carboxylic acids is 1. The van der Waals surface area contributed by atoms with Crippen LogP contribution >= 0.6 is 11.8 Å². The highest BCUT2D eigenvalue weighted by atomic mass is 32.2. The fourth-order valence-corrected chi connectivity index (χ4v) is 3.87. The van der Waals surface area contributed by atoms with Crippen LogP contribution in [-0.2, 0) is 9.59 Å². The number of carbonyl (C=O) groups is 3. The number of nitrogens with zero attached hydrogens (tertiary/aromatic N) is 2. The lowest BCUT2D eigenvalue weighted by molar-refractivity contribution is -0.144. The molecule has 2 aromatic rings. The van der Waals surface area contributed by atoms with E-state index >= 15 is 0 Å². The van der Waals surface area contributed by atoms with Crippen LogP contribution in [0.3, 0.4) is 0 Å². The normalized spacial score (nSPS) is 17.1. The number of rotatable bonds is 7. The molecule has 1 heterocycles. The number of ether oxygens (including phenoxy) is 1. The van der Waals surface area contributed by atoms with Crippen LogP contribution in [-0.4, -0.2) is 55.9 Å². The van der Waals surface area contributed by atoms with Crippen molar-refractivity contribution < 1.29 is 34.4 Å². The van der Waals surface area contributed by atoms with Crippen LogP contribution < -0.4 is 4.74 Å². The molecular weight excluding hydrogens is 436 g/mol. The van der Waals surface area contributed by atoms with E-state index in [1.165, 1.54) is 24.0 Å². The first-order valence-electron chi connectivity index (χ1n) is 9.55. The fraction of sp³-hybridized carbons (Fsp3) is 0.182. The number of benzene rings is 2. The summed E-state index contributed by atoms with van der Waals surface area (Å²) in [6.07, 6.45) is 0.677. The standard InChI is InChI=1S/C22H20N2O7S/c1-3-24-19(26)18(10-13-4-7-15(8-5-13)31-12(2)20(27)28)32-22(24)23-17-9-6-14(25)11-16(17)21(29)30/h4-12,25H,3H2,1-2H3,(H,27,28)(H,29,30)/b18-10-,23-22?. The van der Waals surface area contributed by atoms with Crippen molar-refractivity contribution in [3.05, 3.63) is 58.5 Å². The number of carbonyl (C=O) groups excluding carboxylic acids is 1. The number of carboxylic acid groups (broad SMARTS) is 2. The molecule has 0 saturated carbocycles. The Morgan fingerprint density at radius 3 is 2.47 bits per heavy atom. The van der Waals surface area contributed by atoms with Crippen LogP contribution in [0.1, 0.15) is 29.8 Å². The molecule has 0 aromatic heterocycles. The number of thioether (sulfide) groups is 1. The molecule has 0 radical (unpaired) electrons. The quantitative estimate of drug-likeness (QED) is 0.538. The van der Waals surface area contributed by atoms with Crippen LogP contribution in [0, 0.1) is 0 Å². The van der Waals surface area contributed by atoms with Gasteiger partial charge in [-0.1, -0.05) is 12.1 Å². The second-order valence-electron chi connectivity index (χ2n) is 6.73. The summed E-state index contributed by atoms with van der Waals surface area (Å²) in [7, 11) is 0. The first kappa shape index (κ1) is 22.9. The zero-order chi connectivity index (χ0) is 23.4. The van der Waals surface area contributed by atoms with Gasteiger partial charge in [-0.05, 0) is 67.6 Å². The van der Waals surface area contributed by atoms with E-state index in [4.69, 9.17) is 9.84 Å². The summed E-state index contributed by atoms with van der Waals surface area (Å²) in [4.78, 5) is 41.4. The van der Waals surface area contributed by atoms with Crippen molar-refractivity contribution in [1.82, 2.24) is 4.90 Å². The van der Waals surface area contributed by atoms with E-state index in [1.807, 2.05) is 0 Å². The highest BCUT2D eigenvalue weighted by molar-refractivity contribution is 8.18. The van der Waals surface area contributed by atoms with Crippen LogP contribution in [0.4, 0.5) is 5.69 Å². The molecule has 166 valence electrons. The number of aromatic hydroxyl groups is 1. The number of amidine groups is 1. The Morgan fingerprint density at radius 1 is 1.19 bits per heavy atom. The topological polar surface area (TPSA) is 137 Å². The second kappa shape index (κ2) is 9.56. The summed E-state index contributed by atoms with van der Waals surface area (Å²) in [6.45, 7) is 3.54. The molecule has 0 spiro atoms. The van der Waals surface area contributed by atoms with Gasteiger partial charge in [-0.25, -0.2) is 14.6 Å². The largest absolute Gasteiger partial charge is 0.508 e. The van der Waals surface area contributed by atoms with E-state index in [9.17, 15) is 24.6 Å². The number of carboxylic acids is 2. The molecule has 0 bridgehead atoms. The number of aliphatic carboxylic acids is 1. The average Bonchev–Trinajstić information content (AvgIpc) is 3.04. The van der Waals surface area contributed by atoms with Crippen LogP contribution in [0.25, 0.3) is 6.08 Å². The molecule has 9 nitrogen and oxygen atoms in total. The minimum absolute atomic E-state index is 0.124. The first-order valence-corrected chi connectivity index (χ1v) is 10.4. The molecule has 2 aromatic carbocycles. The molecule has 1 unspecified atom stereocenters. The number of hydrogen-bond acceptors (Lipinski definition) is 7. The van der Waals surface area contributed by atoms with Crippen molar-refractivity contribution in [3.8, 4) is 11.5 Å². The van der Waals surface area contributed by atoms with E-state index in [-0.39, 0.29) is 22.9 Å². The zero-order valence-electron chi connectivity index (χ0n) is 17.2. The smallest absolute Gasteiger partial charge is 0.344 e. The summed E-state index contributed by atoms with van der Waals surface area (Å²) < 4.78 is 5.29. The third kappa shape index (κ3) is 5.09. The SMILES string of the molecule is CCN1C(=O)/C(=C/c2ccc(OC(C)C(=O)O)cc2)SC1=Nc1ccc(O)cc1C(=O)O. The van der Waals surface area contributed by atoms with E-state index < -0.39 is 18.0 Å². The van der Waals surface area contributed by atoms with Gasteiger partial charge in [-0.3, -0.25) is 9.69 Å². The molecule has 1 fully saturated rings. The number of phenolic OH excluding ortho intramolecular Hbond substituents is 1. The summed E-state index contributed by atoms with van der Waals surface area (Å²) >= 11 is 1.11. The van der Waals surface area contributed by atoms with Crippen molar-refractivity contribution >= 4 is 46.5 Å². The molecule has 1 amide bonds. The van der Waals surface area contributed by atoms with Gasteiger partial charge in [0.2, 0.25) is 0 Å². The molecule has 3 N–H and O–H groups in total. The lowest BCUT2D eigenvalue weighted by Crippen LogP contribution is -2.28. The summed E-state index contributed by atoms with van der Waals surface area (Å²) in [5.41, 5.74) is 0.647. The highest BCUT2D eigenvalue weighted by Crippen LogP contribution is 2.35. The average molecular weight is 456 g/mol. The van der Waals surface area contributed by atoms with E-state index in [0.717, 1.165) is 17.8 Å². The van der Waals surface area contributed by atoms with Crippen molar-refractivity contribution in [1.29, 1.82) is 0 Å². The number of likely N-dealkylation sites (N-methyl/N-ethyl adjacent to an activating group) is 1. The molecule has 1 aliphatic heterocycles. The summed E-state index contributed by atoms with van der Waals surface area (Å²) in [6, 6.07) is 10.4. The Hall–Kier alpha value is -3.79. The van der Waals surface area contributed by atoms with Crippen molar-refractivity contribution in [2.45, 2.75) is 20.0 Å². The summed E-state index contributed by atoms with van der Waals surface area (Å²) in [5, 5.41) is 28.2. The molecule has 1 saturated heterocycles. The van der Waals surface area contributed by atoms with Crippen molar-refractivity contribution in [2.24, 2.45) is 4.99 Å². The van der Waals surface area contributed by atoms with E-state index in [1.54, 1.807) is 37.3 Å². The molecule has 32 heavy (non-hydrogen) atoms. The molecule has 10 heteroatoms. The lowest BCUT2D eigenvalue weighted by atomic mass is 10.2. The number of aliphatic imine (C=N–C) groups is 1. The van der Waals surface area contributed by atoms with Crippen LogP contribution in [0.15, 0.2) is 52.4 Å². The number of phenols is 1. The van der Waals surface area contributed by atoms with Gasteiger partial charge in [0.25, 0.3) is 5.91 Å². The van der Waals surface area contributed by atoms with Crippen molar-refractivity contribution in [2.75, 3.05) is 6.54 Å². The predicted octanol–water partition coefficient (Wildman–Crippen LogP) is 3.57. The molecule has 3 rings (SSSR count). The lowest BCUT2D eigenvalue weighted by Gasteiger charge is -2.12. The van der Waals surface area contributed by atoms with Gasteiger partial charge in [0.1, 0.15) is 11.5 Å². The molecule has 1 aliphatic rings. The number of amides is 1. The van der Waals surface area contributed by atoms with Gasteiger partial charge < -0.3 is 20.1 Å². The monoisotopic (exact) mass is 456 g/mol. The van der Waals surface area contributed by atoms with Gasteiger partial charge in [-0.15, -0.1) is 0 Å². The maximum atomic E-state index is 12.8. The second-order valence-corrected chi connectivity index (χ2v) is 7.74. The van der Waals surface area contributed by atoms with Gasteiger partial charge in [0.15, 0.2) is 11.3 Å². The third-order valence-electron chi connectivity index (χ3n) is 4.47. The van der Waals surface area contributed by atoms with Crippen LogP contribution in [0.5, 0.6) is 11.5 Å². The first-order chi connectivity index (χ1) is 15.2. The predicted molar refractivity (Wildman–Crippen MR) is 119 cm³/mol. The zero-order valence-corrected chi connectivity index (χ0v) is 18.0. The maximum Gasteiger partial charge on any atom is 0.344 e. The number of hydrogen-bond donors (Lipinski definition) is 3. The fourth-order valence-electron chi connectivity index (χ4n) is 2.81. The minimum Gasteiger partial charge on any atom is -0.508 e. The molecule has 1 atom stereocenters. The summed E-state index contributed by atoms with van der Waals surface area (Å²) in [5.74, 6) is -2.40. The van der Waals surface area contributed by atoms with Crippen LogP contribution in [0.2, 0.25) is 0 Å². The Balaban J connectivity index is 1.87. The highest BCUT2D eigenvalue weighted by Gasteiger charge is 2.32. The Morgan fingerprint density at radius 2 is 1.88 bits per heavy atom. The minimum atomic E-state index is -1.24. The Kier molecular flexibility index (Phi) is 6.84. The maximum absolute atomic E-state index is 12.8. The third-order valence-corrected chi connectivity index (χ3v) is 5.48. The molecule has 0 aliphatic carbocycles. The van der Waals surface area contributed by atoms with Gasteiger partial charge in [0, 0.05) is 6.54 Å². The Bertz CT molecular complexity index is 1130. The van der Waals surface area contributed by atoms with Gasteiger partial charge in [0.05, 0.1) is 16.2 Å². The Labute approximate surface area is 187 Å². The molecular formula is C22H20N2O7S. The van der Waals surface area contributed by atoms with Gasteiger partial charge in [-0.2, -0.15) is 0 Å². The van der Waals surface area contributed by atoms with Crippen molar-refractivity contribution in [3.63, 3.8) is 0 Å². The van der Waals surface area contributed by atoms with Gasteiger partial charge >= 0.3 is 11.9 Å².